The number of ketones is 1. The number of hydrogen-bond donors (Lipinski definition) is 5. The van der Waals surface area contributed by atoms with Gasteiger partial charge in [-0.1, -0.05) is 72.6 Å². The molecule has 0 spiro atoms. The van der Waals surface area contributed by atoms with Crippen LogP contribution in [0, 0.1) is 22.7 Å². The predicted octanol–water partition coefficient (Wildman–Crippen LogP) is 3.13. The number of aliphatic hydroxyl groups is 1. The van der Waals surface area contributed by atoms with Crippen LogP contribution < -0.4 is 21.3 Å². The van der Waals surface area contributed by atoms with Crippen molar-refractivity contribution in [3.8, 4) is 0 Å². The van der Waals surface area contributed by atoms with Gasteiger partial charge in [0.15, 0.2) is 9.84 Å². The molecule has 5 rings (SSSR count). The third-order valence-corrected chi connectivity index (χ3v) is 15.9. The summed E-state index contributed by atoms with van der Waals surface area (Å²) >= 11 is 0. The molecule has 0 aromatic heterocycles. The Morgan fingerprint density at radius 1 is 0.904 bits per heavy atom. The van der Waals surface area contributed by atoms with E-state index in [-0.39, 0.29) is 41.4 Å². The number of sulfone groups is 1. The molecule has 1 aliphatic heterocycles. The maximum absolute atomic E-state index is 14.9. The molecule has 0 bridgehead atoms. The molecule has 14 heteroatoms. The van der Waals surface area contributed by atoms with Crippen LogP contribution in [0.1, 0.15) is 131 Å². The average Bonchev–Trinajstić information content (AvgIpc) is 3.93. The van der Waals surface area contributed by atoms with Crippen molar-refractivity contribution in [2.24, 2.45) is 22.7 Å². The fourth-order valence-corrected chi connectivity index (χ4v) is 10.9. The maximum Gasteiger partial charge on any atom is 0.315 e. The van der Waals surface area contributed by atoms with Gasteiger partial charge in [-0.05, 0) is 81.5 Å². The molecule has 0 aromatic carbocycles. The van der Waals surface area contributed by atoms with E-state index < -0.39 is 73.9 Å². The summed E-state index contributed by atoms with van der Waals surface area (Å²) in [7, 11) is -3.82. The smallest absolute Gasteiger partial charge is 0.315 e. The first-order valence-corrected chi connectivity index (χ1v) is 21.3. The minimum absolute atomic E-state index is 0.00189. The number of rotatable bonds is 15. The Hall–Kier alpha value is -2.74. The van der Waals surface area contributed by atoms with Gasteiger partial charge in [0.05, 0.1) is 28.7 Å². The second kappa shape index (κ2) is 15.2. The topological polar surface area (TPSA) is 191 Å². The zero-order valence-corrected chi connectivity index (χ0v) is 33.0. The largest absolute Gasteiger partial charge is 0.395 e. The van der Waals surface area contributed by atoms with E-state index in [0.29, 0.717) is 38.6 Å². The van der Waals surface area contributed by atoms with E-state index in [1.165, 1.54) is 13.8 Å². The summed E-state index contributed by atoms with van der Waals surface area (Å²) in [6.07, 6.45) is 9.99. The maximum atomic E-state index is 14.9. The van der Waals surface area contributed by atoms with Crippen LogP contribution in [0.3, 0.4) is 0 Å². The number of nitrogens with one attached hydrogen (secondary N) is 4. The Kier molecular flexibility index (Phi) is 11.8. The molecule has 5 fully saturated rings. The van der Waals surface area contributed by atoms with Gasteiger partial charge in [0.25, 0.3) is 5.91 Å². The Morgan fingerprint density at radius 3 is 2.06 bits per heavy atom. The van der Waals surface area contributed by atoms with Crippen LogP contribution in [0.4, 0.5) is 4.79 Å². The molecule has 52 heavy (non-hydrogen) atoms. The van der Waals surface area contributed by atoms with Crippen LogP contribution in [0.5, 0.6) is 0 Å². The minimum Gasteiger partial charge on any atom is -0.395 e. The van der Waals surface area contributed by atoms with Gasteiger partial charge in [-0.3, -0.25) is 19.2 Å². The van der Waals surface area contributed by atoms with Crippen LogP contribution >= 0.6 is 0 Å². The standard InChI is InChI=1S/C38H63N5O8S/c1-7-14-26(29(45)32(47)39-24-15-16-24)40-31(46)28-27-25(36(27,4)5)21-43(28)33(48)30(37(6)17-10-8-11-18-37)41-34(49)42-38(19-12-9-13-20-38)23-52(50,51)35(2,3)22-44/h24-28,30,44H,7-23H2,1-6H3,(H,39,47)(H,40,46)(H2,41,42,49)/t25-,26?,27-,28-,30+/m0/s1. The number of urea groups is 1. The molecule has 5 atom stereocenters. The van der Waals surface area contributed by atoms with Gasteiger partial charge in [0.2, 0.25) is 17.6 Å². The predicted molar refractivity (Wildman–Crippen MR) is 197 cm³/mol. The number of carbonyl (C=O) groups is 5. The highest BCUT2D eigenvalue weighted by Crippen LogP contribution is 2.65. The first-order chi connectivity index (χ1) is 24.3. The lowest BCUT2D eigenvalue weighted by molar-refractivity contribution is -0.146. The third kappa shape index (κ3) is 8.32. The lowest BCUT2D eigenvalue weighted by Crippen LogP contribution is -2.65. The quantitative estimate of drug-likeness (QED) is 0.158. The van der Waals surface area contributed by atoms with Gasteiger partial charge in [-0.15, -0.1) is 0 Å². The van der Waals surface area contributed by atoms with E-state index in [0.717, 1.165) is 51.4 Å². The second-order valence-corrected chi connectivity index (χ2v) is 20.7. The fourth-order valence-electron chi connectivity index (χ4n) is 9.22. The molecule has 4 saturated carbocycles. The highest BCUT2D eigenvalue weighted by Gasteiger charge is 2.70. The number of likely N-dealkylation sites (tertiary alicyclic amines) is 1. The fraction of sp³-hybridized carbons (Fsp3) is 0.868. The number of Topliss-reactive ketones (excluding diaryl/α,β-unsaturated/α-hetero) is 1. The zero-order valence-electron chi connectivity index (χ0n) is 32.1. The summed E-state index contributed by atoms with van der Waals surface area (Å²) in [6, 6.07) is -3.49. The number of hydrogen-bond acceptors (Lipinski definition) is 8. The van der Waals surface area contributed by atoms with E-state index in [1.54, 1.807) is 4.90 Å². The molecule has 1 saturated heterocycles. The molecule has 5 N–H and O–H groups in total. The van der Waals surface area contributed by atoms with Gasteiger partial charge in [0, 0.05) is 12.6 Å². The molecule has 1 heterocycles. The number of fused-ring (bicyclic) bond motifs is 1. The van der Waals surface area contributed by atoms with E-state index in [4.69, 9.17) is 0 Å². The van der Waals surface area contributed by atoms with Crippen molar-refractivity contribution >= 4 is 39.4 Å². The summed E-state index contributed by atoms with van der Waals surface area (Å²) in [6.45, 7) is 10.8. The number of amides is 5. The first kappa shape index (κ1) is 40.4. The second-order valence-electron chi connectivity index (χ2n) is 18.1. The summed E-state index contributed by atoms with van der Waals surface area (Å²) in [5.74, 6) is -2.62. The first-order valence-electron chi connectivity index (χ1n) is 19.7. The van der Waals surface area contributed by atoms with Crippen LogP contribution in [-0.2, 0) is 29.0 Å². The summed E-state index contributed by atoms with van der Waals surface area (Å²) in [5, 5.41) is 21.5. The molecule has 5 aliphatic rings. The zero-order chi connectivity index (χ0) is 38.3. The summed E-state index contributed by atoms with van der Waals surface area (Å²) in [5.41, 5.74) is -1.87. The van der Waals surface area contributed by atoms with Gasteiger partial charge < -0.3 is 31.3 Å². The van der Waals surface area contributed by atoms with Crippen molar-refractivity contribution in [3.05, 3.63) is 0 Å². The molecule has 0 aromatic rings. The number of nitrogens with zero attached hydrogens (tertiary/aromatic N) is 1. The van der Waals surface area contributed by atoms with Crippen LogP contribution in [0.15, 0.2) is 0 Å². The molecular weight excluding hydrogens is 687 g/mol. The molecule has 294 valence electrons. The SMILES string of the molecule is CCCC(NC(=O)[C@@H]1[C@@H]2[C@H](CN1C(=O)[C@@H](NC(=O)NC1(CS(=O)(=O)C(C)(C)CO)CCCCC1)C1(C)CCCCC1)C2(C)C)C(=O)C(=O)NC1CC1. The molecule has 4 aliphatic carbocycles. The lowest BCUT2D eigenvalue weighted by Gasteiger charge is -2.44. The van der Waals surface area contributed by atoms with Gasteiger partial charge >= 0.3 is 6.03 Å². The Morgan fingerprint density at radius 2 is 1.50 bits per heavy atom. The van der Waals surface area contributed by atoms with Crippen molar-refractivity contribution in [3.63, 3.8) is 0 Å². The van der Waals surface area contributed by atoms with Gasteiger partial charge in [-0.25, -0.2) is 13.2 Å². The van der Waals surface area contributed by atoms with Crippen LogP contribution in [0.25, 0.3) is 0 Å². The number of carbonyl (C=O) groups excluding carboxylic acids is 5. The third-order valence-electron chi connectivity index (χ3n) is 13.2. The monoisotopic (exact) mass is 749 g/mol. The number of piperidine rings is 1. The van der Waals surface area contributed by atoms with Gasteiger partial charge in [0.1, 0.15) is 12.1 Å². The van der Waals surface area contributed by atoms with Crippen LogP contribution in [0.2, 0.25) is 0 Å². The Bertz CT molecular complexity index is 1500. The van der Waals surface area contributed by atoms with Gasteiger partial charge in [-0.2, -0.15) is 0 Å². The van der Waals surface area contributed by atoms with E-state index in [1.807, 2.05) is 13.8 Å². The molecule has 1 unspecified atom stereocenters. The summed E-state index contributed by atoms with van der Waals surface area (Å²) in [4.78, 5) is 70.7. The van der Waals surface area contributed by atoms with Crippen molar-refractivity contribution in [2.45, 2.75) is 166 Å². The average molecular weight is 750 g/mol. The molecular formula is C38H63N5O8S. The molecule has 0 radical (unpaired) electrons. The summed E-state index contributed by atoms with van der Waals surface area (Å²) < 4.78 is 25.6. The van der Waals surface area contributed by atoms with Crippen molar-refractivity contribution < 1.29 is 37.5 Å². The highest BCUT2D eigenvalue weighted by molar-refractivity contribution is 7.92. The van der Waals surface area contributed by atoms with Crippen molar-refractivity contribution in [2.75, 3.05) is 18.9 Å². The Balaban J connectivity index is 1.39. The molecule has 13 nitrogen and oxygen atoms in total. The van der Waals surface area contributed by atoms with Crippen molar-refractivity contribution in [1.82, 2.24) is 26.2 Å². The minimum atomic E-state index is -3.82. The van der Waals surface area contributed by atoms with E-state index in [9.17, 15) is 37.5 Å². The van der Waals surface area contributed by atoms with E-state index in [2.05, 4.69) is 35.1 Å². The molecule has 5 amide bonds. The normalized spacial score (nSPS) is 27.4. The lowest BCUT2D eigenvalue weighted by atomic mass is 9.70. The number of aliphatic hydroxyl groups excluding tert-OH is 1. The van der Waals surface area contributed by atoms with Crippen LogP contribution in [-0.4, -0.2) is 101 Å². The highest BCUT2D eigenvalue weighted by atomic mass is 32.2. The van der Waals surface area contributed by atoms with E-state index >= 15 is 0 Å². The Labute approximate surface area is 309 Å². The van der Waals surface area contributed by atoms with Crippen molar-refractivity contribution in [1.29, 1.82) is 0 Å².